The molecule has 0 aliphatic heterocycles. The molecule has 1 N–H and O–H groups in total. The number of aromatic carboxylic acids is 1. The minimum atomic E-state index is -1.12. The highest BCUT2D eigenvalue weighted by Crippen LogP contribution is 2.22. The molecule has 0 radical (unpaired) electrons. The van der Waals surface area contributed by atoms with E-state index in [0.717, 1.165) is 5.56 Å². The summed E-state index contributed by atoms with van der Waals surface area (Å²) in [6.45, 7) is 0.268. The normalized spacial score (nSPS) is 10.7. The van der Waals surface area contributed by atoms with Crippen molar-refractivity contribution in [3.8, 4) is 11.5 Å². The fourth-order valence-corrected chi connectivity index (χ4v) is 1.96. The quantitative estimate of drug-likeness (QED) is 0.795. The summed E-state index contributed by atoms with van der Waals surface area (Å²) in [7, 11) is 0. The maximum Gasteiger partial charge on any atom is 0.358 e. The average molecular weight is 305 g/mol. The van der Waals surface area contributed by atoms with Gasteiger partial charge in [0.25, 0.3) is 0 Å². The van der Waals surface area contributed by atoms with Gasteiger partial charge in [0.05, 0.1) is 12.7 Å². The molecule has 3 aromatic rings. The standard InChI is InChI=1S/C13H9ClN4O3/c14-9-3-1-2-8(4-9)12-15-10(7-21-12)5-18-6-11(13(19)20)16-17-18/h1-4,6-7H,5H2,(H,19,20). The molecule has 21 heavy (non-hydrogen) atoms. The molecule has 0 aliphatic rings. The van der Waals surface area contributed by atoms with Crippen molar-refractivity contribution in [2.45, 2.75) is 6.54 Å². The molecule has 1 aromatic carbocycles. The Morgan fingerprint density at radius 3 is 3.00 bits per heavy atom. The summed E-state index contributed by atoms with van der Waals surface area (Å²) in [5.74, 6) is -0.688. The predicted octanol–water partition coefficient (Wildman–Crippen LogP) is 2.33. The van der Waals surface area contributed by atoms with Crippen LogP contribution < -0.4 is 0 Å². The predicted molar refractivity (Wildman–Crippen MR) is 73.0 cm³/mol. The fourth-order valence-electron chi connectivity index (χ4n) is 1.77. The van der Waals surface area contributed by atoms with Gasteiger partial charge < -0.3 is 9.52 Å². The summed E-state index contributed by atoms with van der Waals surface area (Å²) in [5.41, 5.74) is 1.25. The number of halogens is 1. The van der Waals surface area contributed by atoms with Crippen LogP contribution in [0.25, 0.3) is 11.5 Å². The van der Waals surface area contributed by atoms with E-state index < -0.39 is 5.97 Å². The molecule has 0 atom stereocenters. The topological polar surface area (TPSA) is 94.0 Å². The number of aromatic nitrogens is 4. The van der Waals surface area contributed by atoms with Crippen LogP contribution in [0.15, 0.2) is 41.1 Å². The number of carboxylic acid groups (broad SMARTS) is 1. The van der Waals surface area contributed by atoms with E-state index in [9.17, 15) is 4.79 Å². The minimum Gasteiger partial charge on any atom is -0.476 e. The van der Waals surface area contributed by atoms with E-state index >= 15 is 0 Å². The van der Waals surface area contributed by atoms with Crippen LogP contribution in [0, 0.1) is 0 Å². The second-order valence-corrected chi connectivity index (χ2v) is 4.70. The van der Waals surface area contributed by atoms with Crippen molar-refractivity contribution in [2.75, 3.05) is 0 Å². The smallest absolute Gasteiger partial charge is 0.358 e. The SMILES string of the molecule is O=C(O)c1cn(Cc2coc(-c3cccc(Cl)c3)n2)nn1. The van der Waals surface area contributed by atoms with Gasteiger partial charge in [-0.15, -0.1) is 5.10 Å². The average Bonchev–Trinajstić information content (AvgIpc) is 3.08. The second kappa shape index (κ2) is 5.37. The summed E-state index contributed by atoms with van der Waals surface area (Å²) >= 11 is 5.92. The molecule has 106 valence electrons. The number of carboxylic acids is 1. The van der Waals surface area contributed by atoms with Gasteiger partial charge >= 0.3 is 5.97 Å². The molecule has 0 unspecified atom stereocenters. The molecule has 7 nitrogen and oxygen atoms in total. The van der Waals surface area contributed by atoms with Gasteiger partial charge in [0.15, 0.2) is 5.69 Å². The molecule has 2 aromatic heterocycles. The van der Waals surface area contributed by atoms with Gasteiger partial charge in [-0.2, -0.15) is 0 Å². The van der Waals surface area contributed by atoms with Gasteiger partial charge in [0, 0.05) is 10.6 Å². The van der Waals surface area contributed by atoms with Crippen molar-refractivity contribution >= 4 is 17.6 Å². The van der Waals surface area contributed by atoms with Crippen molar-refractivity contribution in [2.24, 2.45) is 0 Å². The number of rotatable bonds is 4. The van der Waals surface area contributed by atoms with Crippen LogP contribution in [-0.2, 0) is 6.54 Å². The van der Waals surface area contributed by atoms with Gasteiger partial charge in [0.2, 0.25) is 5.89 Å². The van der Waals surface area contributed by atoms with E-state index in [1.807, 2.05) is 6.07 Å². The molecule has 0 bridgehead atoms. The third kappa shape index (κ3) is 2.92. The molecular weight excluding hydrogens is 296 g/mol. The summed E-state index contributed by atoms with van der Waals surface area (Å²) in [5, 5.41) is 16.6. The maximum absolute atomic E-state index is 10.7. The van der Waals surface area contributed by atoms with E-state index in [-0.39, 0.29) is 12.2 Å². The molecule has 0 fully saturated rings. The maximum atomic E-state index is 10.7. The van der Waals surface area contributed by atoms with Crippen LogP contribution in [0.3, 0.4) is 0 Å². The zero-order chi connectivity index (χ0) is 14.8. The van der Waals surface area contributed by atoms with Gasteiger partial charge in [-0.3, -0.25) is 0 Å². The Morgan fingerprint density at radius 2 is 2.29 bits per heavy atom. The highest BCUT2D eigenvalue weighted by Gasteiger charge is 2.11. The molecule has 3 rings (SSSR count). The highest BCUT2D eigenvalue weighted by atomic mass is 35.5. The monoisotopic (exact) mass is 304 g/mol. The van der Waals surface area contributed by atoms with E-state index in [2.05, 4.69) is 15.3 Å². The first kappa shape index (κ1) is 13.3. The molecular formula is C13H9ClN4O3. The van der Waals surface area contributed by atoms with Gasteiger partial charge in [-0.1, -0.05) is 22.9 Å². The first-order chi connectivity index (χ1) is 10.1. The van der Waals surface area contributed by atoms with E-state index in [0.29, 0.717) is 16.6 Å². The van der Waals surface area contributed by atoms with Gasteiger partial charge in [-0.25, -0.2) is 14.5 Å². The van der Waals surface area contributed by atoms with Crippen LogP contribution in [0.1, 0.15) is 16.2 Å². The second-order valence-electron chi connectivity index (χ2n) is 4.26. The molecule has 0 spiro atoms. The molecule has 0 saturated carbocycles. The summed E-state index contributed by atoms with van der Waals surface area (Å²) in [6.07, 6.45) is 2.81. The third-order valence-electron chi connectivity index (χ3n) is 2.71. The number of oxazole rings is 1. The lowest BCUT2D eigenvalue weighted by molar-refractivity contribution is 0.0690. The Morgan fingerprint density at radius 1 is 1.43 bits per heavy atom. The van der Waals surface area contributed by atoms with Crippen molar-refractivity contribution in [3.05, 3.63) is 53.1 Å². The first-order valence-electron chi connectivity index (χ1n) is 5.95. The lowest BCUT2D eigenvalue weighted by atomic mass is 10.2. The third-order valence-corrected chi connectivity index (χ3v) is 2.94. The van der Waals surface area contributed by atoms with Crippen LogP contribution in [0.4, 0.5) is 0 Å². The number of hydrogen-bond donors (Lipinski definition) is 1. The highest BCUT2D eigenvalue weighted by molar-refractivity contribution is 6.30. The number of benzene rings is 1. The molecule has 8 heteroatoms. The number of nitrogens with zero attached hydrogens (tertiary/aromatic N) is 4. The Hall–Kier alpha value is -2.67. The molecule has 0 aliphatic carbocycles. The largest absolute Gasteiger partial charge is 0.476 e. The van der Waals surface area contributed by atoms with Crippen LogP contribution in [0.2, 0.25) is 5.02 Å². The van der Waals surface area contributed by atoms with Crippen molar-refractivity contribution in [1.82, 2.24) is 20.0 Å². The zero-order valence-electron chi connectivity index (χ0n) is 10.6. The zero-order valence-corrected chi connectivity index (χ0v) is 11.4. The first-order valence-corrected chi connectivity index (χ1v) is 6.33. The van der Waals surface area contributed by atoms with Crippen LogP contribution >= 0.6 is 11.6 Å². The van der Waals surface area contributed by atoms with Gasteiger partial charge in [0.1, 0.15) is 12.0 Å². The summed E-state index contributed by atoms with van der Waals surface area (Å²) in [6, 6.07) is 7.14. The van der Waals surface area contributed by atoms with Crippen molar-refractivity contribution < 1.29 is 14.3 Å². The Balaban J connectivity index is 1.80. The number of hydrogen-bond acceptors (Lipinski definition) is 5. The molecule has 0 saturated heterocycles. The number of carbonyl (C=O) groups is 1. The lowest BCUT2D eigenvalue weighted by Crippen LogP contribution is -2.00. The summed E-state index contributed by atoms with van der Waals surface area (Å²) in [4.78, 5) is 15.0. The van der Waals surface area contributed by atoms with E-state index in [1.54, 1.807) is 18.2 Å². The summed E-state index contributed by atoms with van der Waals surface area (Å²) < 4.78 is 6.76. The molecule has 2 heterocycles. The Bertz CT molecular complexity index is 796. The van der Waals surface area contributed by atoms with Crippen molar-refractivity contribution in [3.63, 3.8) is 0 Å². The van der Waals surface area contributed by atoms with E-state index in [4.69, 9.17) is 21.1 Å². The van der Waals surface area contributed by atoms with Gasteiger partial charge in [-0.05, 0) is 18.2 Å². The van der Waals surface area contributed by atoms with E-state index in [1.165, 1.54) is 17.1 Å². The lowest BCUT2D eigenvalue weighted by Gasteiger charge is -1.95. The molecule has 0 amide bonds. The van der Waals surface area contributed by atoms with Crippen LogP contribution in [0.5, 0.6) is 0 Å². The fraction of sp³-hybridized carbons (Fsp3) is 0.0769. The minimum absolute atomic E-state index is 0.117. The van der Waals surface area contributed by atoms with Crippen molar-refractivity contribution in [1.29, 1.82) is 0 Å². The Labute approximate surface area is 123 Å². The van der Waals surface area contributed by atoms with Crippen LogP contribution in [-0.4, -0.2) is 31.1 Å². The Kier molecular flexibility index (Phi) is 3.41.